The summed E-state index contributed by atoms with van der Waals surface area (Å²) in [6.07, 6.45) is 0. The van der Waals surface area contributed by atoms with Crippen molar-refractivity contribution in [2.24, 2.45) is 0 Å². The van der Waals surface area contributed by atoms with Crippen molar-refractivity contribution >= 4 is 11.0 Å². The topological polar surface area (TPSA) is 31.6 Å². The van der Waals surface area contributed by atoms with Gasteiger partial charge in [0.05, 0.1) is 0 Å². The molecule has 3 heteroatoms. The van der Waals surface area contributed by atoms with Crippen LogP contribution in [0.1, 0.15) is 25.2 Å². The summed E-state index contributed by atoms with van der Waals surface area (Å²) in [5, 5.41) is 1.18. The van der Waals surface area contributed by atoms with E-state index in [0.29, 0.717) is 13.2 Å². The maximum absolute atomic E-state index is 5.38. The molecule has 0 unspecified atom stereocenters. The van der Waals surface area contributed by atoms with E-state index in [1.165, 1.54) is 10.9 Å². The van der Waals surface area contributed by atoms with E-state index < -0.39 is 0 Å². The number of fused-ring (bicyclic) bond motifs is 2. The van der Waals surface area contributed by atoms with Crippen molar-refractivity contribution in [2.75, 3.05) is 13.2 Å². The molecule has 23 heavy (non-hydrogen) atoms. The van der Waals surface area contributed by atoms with Crippen LogP contribution in [0.4, 0.5) is 0 Å². The fraction of sp³-hybridized carbons (Fsp3) is 0.300. The van der Waals surface area contributed by atoms with E-state index in [2.05, 4.69) is 0 Å². The molecule has 0 N–H and O–H groups in total. The first-order valence-electron chi connectivity index (χ1n) is 8.04. The largest absolute Gasteiger partial charge is 0.486 e. The van der Waals surface area contributed by atoms with Crippen molar-refractivity contribution in [3.8, 4) is 11.5 Å². The van der Waals surface area contributed by atoms with Crippen LogP contribution in [-0.4, -0.2) is 13.2 Å². The fourth-order valence-corrected chi connectivity index (χ4v) is 2.27. The average molecular weight is 312 g/mol. The smallest absolute Gasteiger partial charge is 0.161 e. The Kier molecular flexibility index (Phi) is 6.10. The van der Waals surface area contributed by atoms with Gasteiger partial charge in [-0.2, -0.15) is 0 Å². The van der Waals surface area contributed by atoms with Crippen molar-refractivity contribution in [3.05, 3.63) is 59.9 Å². The number of ether oxygens (including phenoxy) is 2. The molecule has 0 atom stereocenters. The van der Waals surface area contributed by atoms with E-state index in [4.69, 9.17) is 13.9 Å². The number of aryl methyl sites for hydroxylation is 2. The first-order chi connectivity index (χ1) is 11.2. The third kappa shape index (κ3) is 4.52. The van der Waals surface area contributed by atoms with Crippen LogP contribution in [0.15, 0.2) is 52.9 Å². The molecule has 0 saturated heterocycles. The summed E-state index contributed by atoms with van der Waals surface area (Å²) in [7, 11) is 0. The van der Waals surface area contributed by atoms with Crippen LogP contribution in [0.5, 0.6) is 11.5 Å². The lowest BCUT2D eigenvalue weighted by Crippen LogP contribution is -2.15. The Hall–Kier alpha value is -2.42. The number of furan rings is 1. The van der Waals surface area contributed by atoms with Crippen molar-refractivity contribution in [1.82, 2.24) is 0 Å². The van der Waals surface area contributed by atoms with Gasteiger partial charge in [0.2, 0.25) is 0 Å². The number of hydrogen-bond donors (Lipinski definition) is 0. The standard InChI is InChI=1S/C9H10O2.C9H8O.C2H6/c1-7-2-3-8-9(6-7)11-5-4-10-8;1-7-6-8-4-2-3-5-9(8)10-7;1-2/h2-3,6H,4-5H2,1H3;2-6H,1H3;1-2H3. The van der Waals surface area contributed by atoms with Gasteiger partial charge in [-0.05, 0) is 43.7 Å². The van der Waals surface area contributed by atoms with E-state index in [1.807, 2.05) is 76.2 Å². The molecule has 3 nitrogen and oxygen atoms in total. The Morgan fingerprint density at radius 1 is 0.783 bits per heavy atom. The first kappa shape index (κ1) is 16.9. The van der Waals surface area contributed by atoms with Gasteiger partial charge >= 0.3 is 0 Å². The van der Waals surface area contributed by atoms with Crippen LogP contribution in [0.25, 0.3) is 11.0 Å². The molecule has 1 aliphatic rings. The van der Waals surface area contributed by atoms with E-state index in [-0.39, 0.29) is 0 Å². The second-order valence-corrected chi connectivity index (χ2v) is 5.04. The predicted octanol–water partition coefficient (Wildman–Crippen LogP) is 5.53. The van der Waals surface area contributed by atoms with E-state index in [9.17, 15) is 0 Å². The first-order valence-corrected chi connectivity index (χ1v) is 8.04. The van der Waals surface area contributed by atoms with E-state index in [0.717, 1.165) is 22.8 Å². The van der Waals surface area contributed by atoms with Crippen LogP contribution >= 0.6 is 0 Å². The highest BCUT2D eigenvalue weighted by molar-refractivity contribution is 5.77. The van der Waals surface area contributed by atoms with Gasteiger partial charge in [-0.3, -0.25) is 0 Å². The zero-order chi connectivity index (χ0) is 16.7. The van der Waals surface area contributed by atoms with Gasteiger partial charge in [0, 0.05) is 5.39 Å². The molecular weight excluding hydrogens is 288 g/mol. The van der Waals surface area contributed by atoms with Gasteiger partial charge in [-0.15, -0.1) is 0 Å². The van der Waals surface area contributed by atoms with Gasteiger partial charge in [0.25, 0.3) is 0 Å². The molecule has 0 saturated carbocycles. The van der Waals surface area contributed by atoms with Gasteiger partial charge in [-0.1, -0.05) is 38.1 Å². The Balaban J connectivity index is 0.000000152. The number of benzene rings is 2. The summed E-state index contributed by atoms with van der Waals surface area (Å²) < 4.78 is 16.1. The normalized spacial score (nSPS) is 11.8. The highest BCUT2D eigenvalue weighted by Gasteiger charge is 2.09. The molecule has 0 bridgehead atoms. The third-order valence-corrected chi connectivity index (χ3v) is 3.25. The highest BCUT2D eigenvalue weighted by Crippen LogP contribution is 2.30. The number of hydrogen-bond acceptors (Lipinski definition) is 3. The van der Waals surface area contributed by atoms with Crippen LogP contribution in [-0.2, 0) is 0 Å². The molecule has 3 aromatic rings. The molecule has 1 aliphatic heterocycles. The Morgan fingerprint density at radius 2 is 1.48 bits per heavy atom. The lowest BCUT2D eigenvalue weighted by atomic mass is 10.2. The minimum atomic E-state index is 0.663. The second kappa shape index (κ2) is 8.28. The summed E-state index contributed by atoms with van der Waals surface area (Å²) in [6.45, 7) is 9.32. The third-order valence-electron chi connectivity index (χ3n) is 3.25. The second-order valence-electron chi connectivity index (χ2n) is 5.04. The van der Waals surface area contributed by atoms with Crippen LogP contribution in [0, 0.1) is 13.8 Å². The van der Waals surface area contributed by atoms with Gasteiger partial charge < -0.3 is 13.9 Å². The maximum Gasteiger partial charge on any atom is 0.161 e. The minimum Gasteiger partial charge on any atom is -0.486 e. The van der Waals surface area contributed by atoms with E-state index in [1.54, 1.807) is 0 Å². The fourth-order valence-electron chi connectivity index (χ4n) is 2.27. The van der Waals surface area contributed by atoms with E-state index >= 15 is 0 Å². The van der Waals surface area contributed by atoms with Crippen LogP contribution in [0.3, 0.4) is 0 Å². The van der Waals surface area contributed by atoms with Gasteiger partial charge in [-0.25, -0.2) is 0 Å². The Morgan fingerprint density at radius 3 is 2.22 bits per heavy atom. The molecule has 0 fully saturated rings. The van der Waals surface area contributed by atoms with Crippen molar-refractivity contribution in [3.63, 3.8) is 0 Å². The molecule has 2 aromatic carbocycles. The summed E-state index contributed by atoms with van der Waals surface area (Å²) in [5.74, 6) is 2.71. The molecule has 0 radical (unpaired) electrons. The summed E-state index contributed by atoms with van der Waals surface area (Å²) in [4.78, 5) is 0. The lowest BCUT2D eigenvalue weighted by molar-refractivity contribution is 0.171. The molecule has 0 aliphatic carbocycles. The molecule has 4 rings (SSSR count). The Labute approximate surface area is 137 Å². The summed E-state index contributed by atoms with van der Waals surface area (Å²) in [5.41, 5.74) is 2.18. The molecular formula is C20H24O3. The predicted molar refractivity (Wildman–Crippen MR) is 94.5 cm³/mol. The zero-order valence-corrected chi connectivity index (χ0v) is 14.3. The molecule has 2 heterocycles. The summed E-state index contributed by atoms with van der Waals surface area (Å²) in [6, 6.07) is 16.0. The van der Waals surface area contributed by atoms with Crippen molar-refractivity contribution < 1.29 is 13.9 Å². The van der Waals surface area contributed by atoms with Crippen LogP contribution in [0.2, 0.25) is 0 Å². The number of rotatable bonds is 0. The number of para-hydroxylation sites is 1. The van der Waals surface area contributed by atoms with Crippen molar-refractivity contribution in [1.29, 1.82) is 0 Å². The van der Waals surface area contributed by atoms with Gasteiger partial charge in [0.1, 0.15) is 24.6 Å². The minimum absolute atomic E-state index is 0.663. The molecule has 0 spiro atoms. The maximum atomic E-state index is 5.38. The van der Waals surface area contributed by atoms with Gasteiger partial charge in [0.15, 0.2) is 11.5 Å². The quantitative estimate of drug-likeness (QED) is 0.546. The van der Waals surface area contributed by atoms with Crippen LogP contribution < -0.4 is 9.47 Å². The lowest BCUT2D eigenvalue weighted by Gasteiger charge is -2.18. The average Bonchev–Trinajstić information content (AvgIpc) is 2.97. The Bertz CT molecular complexity index is 710. The molecule has 122 valence electrons. The highest BCUT2D eigenvalue weighted by atomic mass is 16.6. The van der Waals surface area contributed by atoms with Crippen molar-refractivity contribution in [2.45, 2.75) is 27.7 Å². The monoisotopic (exact) mass is 312 g/mol. The molecule has 1 aromatic heterocycles. The summed E-state index contributed by atoms with van der Waals surface area (Å²) >= 11 is 0. The SMILES string of the molecule is CC.Cc1cc2ccccc2o1.Cc1ccc2c(c1)OCCO2. The molecule has 0 amide bonds. The zero-order valence-electron chi connectivity index (χ0n) is 14.3.